The number of ether oxygens (including phenoxy) is 2. The van der Waals surface area contributed by atoms with Gasteiger partial charge in [0.1, 0.15) is 5.75 Å². The van der Waals surface area contributed by atoms with Crippen molar-refractivity contribution in [2.75, 3.05) is 13.2 Å². The van der Waals surface area contributed by atoms with Gasteiger partial charge in [0.25, 0.3) is 5.78 Å². The zero-order valence-corrected chi connectivity index (χ0v) is 14.4. The van der Waals surface area contributed by atoms with Crippen LogP contribution in [0.4, 0.5) is 0 Å². The first-order valence-corrected chi connectivity index (χ1v) is 7.65. The van der Waals surface area contributed by atoms with Gasteiger partial charge in [0, 0.05) is 0 Å². The third-order valence-electron chi connectivity index (χ3n) is 3.12. The minimum Gasteiger partial charge on any atom is -0.493 e. The molecule has 0 N–H and O–H groups in total. The predicted molar refractivity (Wildman–Crippen MR) is 86.4 cm³/mol. The summed E-state index contributed by atoms with van der Waals surface area (Å²) < 4.78 is 10.5. The third kappa shape index (κ3) is 4.86. The molecule has 122 valence electrons. The molecule has 1 rings (SSSR count). The summed E-state index contributed by atoms with van der Waals surface area (Å²) in [5.74, 6) is -0.748. The van der Waals surface area contributed by atoms with E-state index in [2.05, 4.69) is 20.8 Å². The van der Waals surface area contributed by atoms with Crippen LogP contribution in [0, 0.1) is 5.92 Å². The van der Waals surface area contributed by atoms with Gasteiger partial charge in [-0.25, -0.2) is 4.79 Å². The first-order valence-electron chi connectivity index (χ1n) is 7.65. The lowest BCUT2D eigenvalue weighted by Gasteiger charge is -2.21. The van der Waals surface area contributed by atoms with E-state index in [0.717, 1.165) is 5.56 Å². The van der Waals surface area contributed by atoms with Crippen LogP contribution < -0.4 is 4.74 Å². The van der Waals surface area contributed by atoms with Crippen molar-refractivity contribution in [3.8, 4) is 5.75 Å². The molecule has 4 nitrogen and oxygen atoms in total. The number of Topliss-reactive ketones (excluding diaryl/α,β-unsaturated/α-hetero) is 1. The highest BCUT2D eigenvalue weighted by molar-refractivity contribution is 6.41. The smallest absolute Gasteiger partial charge is 0.379 e. The minimum atomic E-state index is -0.844. The summed E-state index contributed by atoms with van der Waals surface area (Å²) in [5, 5.41) is 0. The average molecular weight is 306 g/mol. The molecule has 0 heterocycles. The maximum Gasteiger partial charge on any atom is 0.379 e. The van der Waals surface area contributed by atoms with Gasteiger partial charge in [-0.15, -0.1) is 0 Å². The van der Waals surface area contributed by atoms with Gasteiger partial charge in [-0.3, -0.25) is 4.79 Å². The largest absolute Gasteiger partial charge is 0.493 e. The van der Waals surface area contributed by atoms with Gasteiger partial charge in [-0.1, -0.05) is 40.7 Å². The van der Waals surface area contributed by atoms with E-state index in [-0.39, 0.29) is 17.6 Å². The van der Waals surface area contributed by atoms with Crippen molar-refractivity contribution in [1.29, 1.82) is 0 Å². The summed E-state index contributed by atoms with van der Waals surface area (Å²) in [5.41, 5.74) is 1.11. The molecule has 0 atom stereocenters. The standard InChI is InChI=1S/C18H26O4/c1-7-21-17(20)16(19)14-10-13(18(4,5)6)8-9-15(14)22-11-12(2)3/h8-10,12H,7,11H2,1-6H3. The van der Waals surface area contributed by atoms with E-state index < -0.39 is 11.8 Å². The number of carbonyl (C=O) groups is 2. The molecule has 0 aromatic heterocycles. The van der Waals surface area contributed by atoms with Gasteiger partial charge in [0.05, 0.1) is 18.8 Å². The Kier molecular flexibility index (Phi) is 6.15. The van der Waals surface area contributed by atoms with Crippen molar-refractivity contribution >= 4 is 11.8 Å². The quantitative estimate of drug-likeness (QED) is 0.456. The Morgan fingerprint density at radius 1 is 1.18 bits per heavy atom. The molecule has 0 aliphatic carbocycles. The Labute approximate surface area is 132 Å². The van der Waals surface area contributed by atoms with Crippen molar-refractivity contribution in [1.82, 2.24) is 0 Å². The maximum absolute atomic E-state index is 12.3. The Bertz CT molecular complexity index is 539. The lowest BCUT2D eigenvalue weighted by molar-refractivity contribution is -0.137. The number of benzene rings is 1. The molecule has 0 saturated heterocycles. The topological polar surface area (TPSA) is 52.6 Å². The van der Waals surface area contributed by atoms with E-state index in [9.17, 15) is 9.59 Å². The molecule has 0 amide bonds. The SMILES string of the molecule is CCOC(=O)C(=O)c1cc(C(C)(C)C)ccc1OCC(C)C. The minimum absolute atomic E-state index is 0.125. The summed E-state index contributed by atoms with van der Waals surface area (Å²) in [4.78, 5) is 24.1. The molecule has 1 aromatic rings. The molecule has 0 radical (unpaired) electrons. The third-order valence-corrected chi connectivity index (χ3v) is 3.12. The van der Waals surface area contributed by atoms with E-state index in [4.69, 9.17) is 9.47 Å². The predicted octanol–water partition coefficient (Wildman–Crippen LogP) is 3.76. The first kappa shape index (κ1) is 18.2. The van der Waals surface area contributed by atoms with E-state index in [1.54, 1.807) is 19.1 Å². The Hall–Kier alpha value is -1.84. The summed E-state index contributed by atoms with van der Waals surface area (Å²) >= 11 is 0. The van der Waals surface area contributed by atoms with Gasteiger partial charge in [-0.05, 0) is 36.0 Å². The van der Waals surface area contributed by atoms with E-state index in [1.807, 2.05) is 19.9 Å². The first-order chi connectivity index (χ1) is 10.2. The number of hydrogen-bond acceptors (Lipinski definition) is 4. The molecule has 0 aliphatic heterocycles. The van der Waals surface area contributed by atoms with E-state index >= 15 is 0 Å². The van der Waals surface area contributed by atoms with Crippen LogP contribution in [0.3, 0.4) is 0 Å². The highest BCUT2D eigenvalue weighted by atomic mass is 16.5. The van der Waals surface area contributed by atoms with Crippen molar-refractivity contribution in [3.05, 3.63) is 29.3 Å². The van der Waals surface area contributed by atoms with Crippen LogP contribution in [-0.4, -0.2) is 25.0 Å². The number of carbonyl (C=O) groups excluding carboxylic acids is 2. The highest BCUT2D eigenvalue weighted by Gasteiger charge is 2.25. The molecule has 0 fully saturated rings. The van der Waals surface area contributed by atoms with E-state index in [0.29, 0.717) is 18.3 Å². The average Bonchev–Trinajstić information content (AvgIpc) is 2.43. The van der Waals surface area contributed by atoms with Crippen LogP contribution in [0.5, 0.6) is 5.75 Å². The Morgan fingerprint density at radius 3 is 2.32 bits per heavy atom. The summed E-state index contributed by atoms with van der Waals surface area (Å²) in [6.45, 7) is 12.5. The molecule has 0 spiro atoms. The lowest BCUT2D eigenvalue weighted by atomic mass is 9.85. The molecule has 4 heteroatoms. The lowest BCUT2D eigenvalue weighted by Crippen LogP contribution is -2.20. The fraction of sp³-hybridized carbons (Fsp3) is 0.556. The van der Waals surface area contributed by atoms with Gasteiger partial charge < -0.3 is 9.47 Å². The molecule has 0 bridgehead atoms. The Balaban J connectivity index is 3.21. The number of esters is 1. The molecule has 0 unspecified atom stereocenters. The fourth-order valence-electron chi connectivity index (χ4n) is 1.86. The second-order valence-electron chi connectivity index (χ2n) is 6.72. The Morgan fingerprint density at radius 2 is 1.82 bits per heavy atom. The molecule has 1 aromatic carbocycles. The maximum atomic E-state index is 12.3. The zero-order valence-electron chi connectivity index (χ0n) is 14.4. The van der Waals surface area contributed by atoms with E-state index in [1.165, 1.54) is 0 Å². The molecule has 22 heavy (non-hydrogen) atoms. The van der Waals surface area contributed by atoms with Crippen LogP contribution in [0.25, 0.3) is 0 Å². The summed E-state index contributed by atoms with van der Waals surface area (Å²) in [6, 6.07) is 5.42. The summed E-state index contributed by atoms with van der Waals surface area (Å²) in [7, 11) is 0. The van der Waals surface area contributed by atoms with Crippen LogP contribution in [0.2, 0.25) is 0 Å². The van der Waals surface area contributed by atoms with Gasteiger partial charge in [0.15, 0.2) is 0 Å². The van der Waals surface area contributed by atoms with Crippen molar-refractivity contribution < 1.29 is 19.1 Å². The van der Waals surface area contributed by atoms with Crippen molar-refractivity contribution in [2.45, 2.75) is 47.0 Å². The number of ketones is 1. The molecule has 0 aliphatic rings. The van der Waals surface area contributed by atoms with Crippen LogP contribution >= 0.6 is 0 Å². The summed E-state index contributed by atoms with van der Waals surface area (Å²) in [6.07, 6.45) is 0. The van der Waals surface area contributed by atoms with Crippen LogP contribution in [0.15, 0.2) is 18.2 Å². The highest BCUT2D eigenvalue weighted by Crippen LogP contribution is 2.29. The molecular weight excluding hydrogens is 280 g/mol. The zero-order chi connectivity index (χ0) is 16.9. The normalized spacial score (nSPS) is 11.4. The monoisotopic (exact) mass is 306 g/mol. The number of hydrogen-bond donors (Lipinski definition) is 0. The van der Waals surface area contributed by atoms with Gasteiger partial charge in [-0.2, -0.15) is 0 Å². The second-order valence-corrected chi connectivity index (χ2v) is 6.72. The number of rotatable bonds is 6. The molecule has 0 saturated carbocycles. The molecular formula is C18H26O4. The second kappa shape index (κ2) is 7.43. The van der Waals surface area contributed by atoms with Crippen LogP contribution in [0.1, 0.15) is 57.5 Å². The van der Waals surface area contributed by atoms with Crippen molar-refractivity contribution in [2.24, 2.45) is 5.92 Å². The van der Waals surface area contributed by atoms with Gasteiger partial charge >= 0.3 is 5.97 Å². The van der Waals surface area contributed by atoms with Gasteiger partial charge in [0.2, 0.25) is 0 Å². The van der Waals surface area contributed by atoms with Crippen molar-refractivity contribution in [3.63, 3.8) is 0 Å². The van der Waals surface area contributed by atoms with Crippen LogP contribution in [-0.2, 0) is 14.9 Å². The fourth-order valence-corrected chi connectivity index (χ4v) is 1.86.